The van der Waals surface area contributed by atoms with Crippen LogP contribution in [0.2, 0.25) is 0 Å². The van der Waals surface area contributed by atoms with Gasteiger partial charge in [-0.05, 0) is 25.0 Å². The molecule has 1 amide bonds. The maximum absolute atomic E-state index is 12.5. The van der Waals surface area contributed by atoms with Gasteiger partial charge in [0.2, 0.25) is 0 Å². The van der Waals surface area contributed by atoms with E-state index in [4.69, 9.17) is 0 Å². The van der Waals surface area contributed by atoms with E-state index in [-0.39, 0.29) is 11.9 Å². The number of piperidine rings is 1. The van der Waals surface area contributed by atoms with Crippen LogP contribution < -0.4 is 4.90 Å². The molecule has 22 heavy (non-hydrogen) atoms. The van der Waals surface area contributed by atoms with Crippen LogP contribution in [0.1, 0.15) is 23.2 Å². The summed E-state index contributed by atoms with van der Waals surface area (Å²) >= 11 is 0. The average Bonchev–Trinajstić information content (AvgIpc) is 3.01. The Labute approximate surface area is 130 Å². The van der Waals surface area contributed by atoms with Gasteiger partial charge in [0.15, 0.2) is 0 Å². The Morgan fingerprint density at radius 3 is 2.95 bits per heavy atom. The van der Waals surface area contributed by atoms with E-state index < -0.39 is 0 Å². The predicted octanol–water partition coefficient (Wildman–Crippen LogP) is 1.56. The number of aryl methyl sites for hydroxylation is 1. The predicted molar refractivity (Wildman–Crippen MR) is 84.8 cm³/mol. The molecular weight excluding hydrogens is 278 g/mol. The zero-order valence-electron chi connectivity index (χ0n) is 13.0. The standard InChI is InChI=1S/C16H21N5O/c1-19-11-13(10-18-19)16(22)20(2)14-6-5-9-21(12-14)15-7-3-4-8-17-15/h3-4,7-8,10-11,14H,5-6,9,12H2,1-2H3/t14-/m1/s1. The Balaban J connectivity index is 1.70. The number of nitrogens with zero attached hydrogens (tertiary/aromatic N) is 5. The largest absolute Gasteiger partial charge is 0.355 e. The first-order chi connectivity index (χ1) is 10.6. The number of amides is 1. The molecule has 0 N–H and O–H groups in total. The molecule has 1 saturated heterocycles. The Morgan fingerprint density at radius 2 is 2.27 bits per heavy atom. The summed E-state index contributed by atoms with van der Waals surface area (Å²) in [7, 11) is 3.70. The Bertz CT molecular complexity index is 639. The van der Waals surface area contributed by atoms with Gasteiger partial charge < -0.3 is 9.80 Å². The molecule has 1 aliphatic rings. The van der Waals surface area contributed by atoms with Crippen molar-refractivity contribution in [1.29, 1.82) is 0 Å². The Morgan fingerprint density at radius 1 is 1.41 bits per heavy atom. The number of aromatic nitrogens is 3. The van der Waals surface area contributed by atoms with E-state index in [0.29, 0.717) is 5.56 Å². The number of rotatable bonds is 3. The number of hydrogen-bond donors (Lipinski definition) is 0. The molecule has 6 nitrogen and oxygen atoms in total. The molecule has 1 fully saturated rings. The monoisotopic (exact) mass is 299 g/mol. The zero-order valence-corrected chi connectivity index (χ0v) is 13.0. The summed E-state index contributed by atoms with van der Waals surface area (Å²) < 4.78 is 1.65. The highest BCUT2D eigenvalue weighted by molar-refractivity contribution is 5.93. The molecule has 0 unspecified atom stereocenters. The summed E-state index contributed by atoms with van der Waals surface area (Å²) in [6.45, 7) is 1.81. The molecule has 3 rings (SSSR count). The third-order valence-electron chi connectivity index (χ3n) is 4.19. The minimum atomic E-state index is 0.0287. The van der Waals surface area contributed by atoms with Gasteiger partial charge >= 0.3 is 0 Å². The number of carbonyl (C=O) groups excluding carboxylic acids is 1. The van der Waals surface area contributed by atoms with Gasteiger partial charge in [-0.1, -0.05) is 6.07 Å². The first kappa shape index (κ1) is 14.6. The normalized spacial score (nSPS) is 18.3. The molecule has 0 aromatic carbocycles. The summed E-state index contributed by atoms with van der Waals surface area (Å²) in [5, 5.41) is 4.08. The smallest absolute Gasteiger partial charge is 0.257 e. The van der Waals surface area contributed by atoms with E-state index in [1.807, 2.05) is 43.4 Å². The molecule has 3 heterocycles. The molecule has 0 bridgehead atoms. The van der Waals surface area contributed by atoms with Gasteiger partial charge in [-0.2, -0.15) is 5.10 Å². The van der Waals surface area contributed by atoms with Crippen molar-refractivity contribution < 1.29 is 4.79 Å². The summed E-state index contributed by atoms with van der Waals surface area (Å²) in [5.74, 6) is 1.01. The van der Waals surface area contributed by atoms with Crippen molar-refractivity contribution in [2.24, 2.45) is 7.05 Å². The number of likely N-dealkylation sites (N-methyl/N-ethyl adjacent to an activating group) is 1. The molecule has 6 heteroatoms. The fourth-order valence-electron chi connectivity index (χ4n) is 2.92. The second kappa shape index (κ2) is 6.17. The lowest BCUT2D eigenvalue weighted by Gasteiger charge is -2.38. The van der Waals surface area contributed by atoms with Crippen LogP contribution in [0, 0.1) is 0 Å². The molecular formula is C16H21N5O. The van der Waals surface area contributed by atoms with Crippen molar-refractivity contribution in [2.75, 3.05) is 25.0 Å². The SMILES string of the molecule is CN(C(=O)c1cnn(C)c1)[C@@H]1CCCN(c2ccccn2)C1. The van der Waals surface area contributed by atoms with Crippen LogP contribution in [0.25, 0.3) is 0 Å². The highest BCUT2D eigenvalue weighted by atomic mass is 16.2. The lowest BCUT2D eigenvalue weighted by Crippen LogP contribution is -2.48. The van der Waals surface area contributed by atoms with Crippen LogP contribution in [0.5, 0.6) is 0 Å². The number of carbonyl (C=O) groups is 1. The van der Waals surface area contributed by atoms with Crippen LogP contribution in [0.4, 0.5) is 5.82 Å². The molecule has 2 aromatic heterocycles. The van der Waals surface area contributed by atoms with Crippen molar-refractivity contribution in [3.63, 3.8) is 0 Å². The third-order valence-corrected chi connectivity index (χ3v) is 4.19. The summed E-state index contributed by atoms with van der Waals surface area (Å²) in [5.41, 5.74) is 0.639. The lowest BCUT2D eigenvalue weighted by molar-refractivity contribution is 0.0717. The quantitative estimate of drug-likeness (QED) is 0.863. The fourth-order valence-corrected chi connectivity index (χ4v) is 2.92. The molecule has 116 valence electrons. The van der Waals surface area contributed by atoms with Gasteiger partial charge in [0.1, 0.15) is 5.82 Å². The molecule has 0 aliphatic carbocycles. The van der Waals surface area contributed by atoms with Gasteiger partial charge in [-0.15, -0.1) is 0 Å². The minimum absolute atomic E-state index is 0.0287. The second-order valence-electron chi connectivity index (χ2n) is 5.75. The molecule has 0 spiro atoms. The average molecular weight is 299 g/mol. The van der Waals surface area contributed by atoms with Gasteiger partial charge in [-0.3, -0.25) is 9.48 Å². The van der Waals surface area contributed by atoms with Gasteiger partial charge in [0, 0.05) is 45.6 Å². The fraction of sp³-hybridized carbons (Fsp3) is 0.438. The van der Waals surface area contributed by atoms with Gasteiger partial charge in [0.05, 0.1) is 11.8 Å². The highest BCUT2D eigenvalue weighted by Crippen LogP contribution is 2.21. The molecule has 1 aliphatic heterocycles. The van der Waals surface area contributed by atoms with Crippen molar-refractivity contribution in [3.8, 4) is 0 Å². The summed E-state index contributed by atoms with van der Waals surface area (Å²) in [6.07, 6.45) is 7.28. The Hall–Kier alpha value is -2.37. The molecule has 0 radical (unpaired) electrons. The van der Waals surface area contributed by atoms with E-state index in [9.17, 15) is 4.79 Å². The number of pyridine rings is 1. The first-order valence-corrected chi connectivity index (χ1v) is 7.57. The van der Waals surface area contributed by atoms with Crippen LogP contribution >= 0.6 is 0 Å². The summed E-state index contributed by atoms with van der Waals surface area (Å²) in [6, 6.07) is 6.13. The van der Waals surface area contributed by atoms with Crippen LogP contribution in [0.15, 0.2) is 36.8 Å². The van der Waals surface area contributed by atoms with E-state index in [1.165, 1.54) is 0 Å². The highest BCUT2D eigenvalue weighted by Gasteiger charge is 2.27. The number of anilines is 1. The van der Waals surface area contributed by atoms with E-state index in [2.05, 4.69) is 15.0 Å². The summed E-state index contributed by atoms with van der Waals surface area (Å²) in [4.78, 5) is 21.0. The van der Waals surface area contributed by atoms with E-state index in [1.54, 1.807) is 17.1 Å². The van der Waals surface area contributed by atoms with Crippen molar-refractivity contribution >= 4 is 11.7 Å². The topological polar surface area (TPSA) is 54.3 Å². The zero-order chi connectivity index (χ0) is 15.5. The van der Waals surface area contributed by atoms with E-state index in [0.717, 1.165) is 31.7 Å². The lowest BCUT2D eigenvalue weighted by atomic mass is 10.0. The molecule has 1 atom stereocenters. The third kappa shape index (κ3) is 2.95. The minimum Gasteiger partial charge on any atom is -0.355 e. The van der Waals surface area contributed by atoms with Crippen LogP contribution in [-0.2, 0) is 7.05 Å². The van der Waals surface area contributed by atoms with Crippen LogP contribution in [0.3, 0.4) is 0 Å². The van der Waals surface area contributed by atoms with E-state index >= 15 is 0 Å². The van der Waals surface area contributed by atoms with Crippen molar-refractivity contribution in [2.45, 2.75) is 18.9 Å². The maximum atomic E-state index is 12.5. The van der Waals surface area contributed by atoms with Crippen molar-refractivity contribution in [3.05, 3.63) is 42.4 Å². The Kier molecular flexibility index (Phi) is 4.09. The maximum Gasteiger partial charge on any atom is 0.257 e. The first-order valence-electron chi connectivity index (χ1n) is 7.57. The van der Waals surface area contributed by atoms with Crippen LogP contribution in [-0.4, -0.2) is 51.8 Å². The molecule has 0 saturated carbocycles. The van der Waals surface area contributed by atoms with Gasteiger partial charge in [-0.25, -0.2) is 4.98 Å². The second-order valence-corrected chi connectivity index (χ2v) is 5.75. The van der Waals surface area contributed by atoms with Gasteiger partial charge in [0.25, 0.3) is 5.91 Å². The number of hydrogen-bond acceptors (Lipinski definition) is 4. The van der Waals surface area contributed by atoms with Crippen molar-refractivity contribution in [1.82, 2.24) is 19.7 Å². The molecule has 2 aromatic rings.